The van der Waals surface area contributed by atoms with E-state index in [0.717, 1.165) is 23.5 Å². The van der Waals surface area contributed by atoms with Crippen LogP contribution in [-0.4, -0.2) is 28.5 Å². The molecule has 4 rings (SSSR count). The maximum atomic E-state index is 13.3. The van der Waals surface area contributed by atoms with Crippen LogP contribution in [0.1, 0.15) is 35.7 Å². The van der Waals surface area contributed by atoms with E-state index >= 15 is 0 Å². The first-order valence-corrected chi connectivity index (χ1v) is 9.82. The molecule has 1 aliphatic heterocycles. The van der Waals surface area contributed by atoms with Gasteiger partial charge in [-0.25, -0.2) is 9.97 Å². The summed E-state index contributed by atoms with van der Waals surface area (Å²) in [6.45, 7) is 6.43. The number of aryl methyl sites for hydroxylation is 1. The second-order valence-corrected chi connectivity index (χ2v) is 7.13. The van der Waals surface area contributed by atoms with Gasteiger partial charge in [-0.3, -0.25) is 4.79 Å². The molecule has 6 nitrogen and oxygen atoms in total. The van der Waals surface area contributed by atoms with E-state index in [9.17, 15) is 4.79 Å². The third kappa shape index (κ3) is 3.92. The van der Waals surface area contributed by atoms with Gasteiger partial charge in [-0.2, -0.15) is 0 Å². The summed E-state index contributed by atoms with van der Waals surface area (Å²) in [5.74, 6) is 1.84. The van der Waals surface area contributed by atoms with Crippen molar-refractivity contribution in [2.75, 3.05) is 16.8 Å². The van der Waals surface area contributed by atoms with Crippen molar-refractivity contribution in [2.45, 2.75) is 33.2 Å². The van der Waals surface area contributed by atoms with Gasteiger partial charge in [0.2, 0.25) is 0 Å². The number of nitrogens with one attached hydrogen (secondary N) is 1. The summed E-state index contributed by atoms with van der Waals surface area (Å²) in [6.07, 6.45) is 0.850. The third-order valence-electron chi connectivity index (χ3n) is 4.92. The Labute approximate surface area is 170 Å². The van der Waals surface area contributed by atoms with E-state index in [1.54, 1.807) is 13.0 Å². The maximum Gasteiger partial charge on any atom is 0.277 e. The summed E-state index contributed by atoms with van der Waals surface area (Å²) in [5, 5.41) is 3.25. The molecule has 1 unspecified atom stereocenters. The number of ether oxygens (including phenoxy) is 1. The molecule has 2 aromatic carbocycles. The molecule has 0 saturated carbocycles. The van der Waals surface area contributed by atoms with Crippen molar-refractivity contribution in [3.63, 3.8) is 0 Å². The van der Waals surface area contributed by atoms with Crippen molar-refractivity contribution in [2.24, 2.45) is 0 Å². The fourth-order valence-electron chi connectivity index (χ4n) is 3.69. The standard InChI is InChI=1S/C23H24N4O2/c1-4-29-19-11-9-18(10-12-19)26-22-14-20(24-16(3)25-22)23(28)27-15(2)13-17-7-5-6-8-21(17)27/h5-12,14-15H,4,13H2,1-3H3,(H,24,25,26). The third-order valence-corrected chi connectivity index (χ3v) is 4.92. The highest BCUT2D eigenvalue weighted by Crippen LogP contribution is 2.33. The summed E-state index contributed by atoms with van der Waals surface area (Å²) in [7, 11) is 0. The van der Waals surface area contributed by atoms with E-state index in [1.807, 2.05) is 54.3 Å². The van der Waals surface area contributed by atoms with Gasteiger partial charge in [0.25, 0.3) is 5.91 Å². The van der Waals surface area contributed by atoms with E-state index in [1.165, 1.54) is 5.56 Å². The molecular formula is C23H24N4O2. The Bertz CT molecular complexity index is 1030. The van der Waals surface area contributed by atoms with E-state index in [2.05, 4.69) is 28.3 Å². The lowest BCUT2D eigenvalue weighted by atomic mass is 10.1. The predicted molar refractivity (Wildman–Crippen MR) is 114 cm³/mol. The summed E-state index contributed by atoms with van der Waals surface area (Å²) in [4.78, 5) is 24.0. The van der Waals surface area contributed by atoms with Crippen LogP contribution >= 0.6 is 0 Å². The van der Waals surface area contributed by atoms with Crippen LogP contribution in [0.5, 0.6) is 5.75 Å². The van der Waals surface area contributed by atoms with Crippen LogP contribution in [-0.2, 0) is 6.42 Å². The first-order chi connectivity index (χ1) is 14.0. The van der Waals surface area contributed by atoms with Gasteiger partial charge in [-0.05, 0) is 63.1 Å². The Balaban J connectivity index is 1.59. The number of aromatic nitrogens is 2. The van der Waals surface area contributed by atoms with Crippen molar-refractivity contribution >= 4 is 23.1 Å². The summed E-state index contributed by atoms with van der Waals surface area (Å²) in [6, 6.07) is 17.5. The van der Waals surface area contributed by atoms with Crippen molar-refractivity contribution in [3.05, 3.63) is 71.7 Å². The normalized spacial score (nSPS) is 15.1. The molecule has 148 valence electrons. The Morgan fingerprint density at radius 3 is 2.69 bits per heavy atom. The molecule has 2 heterocycles. The van der Waals surface area contributed by atoms with E-state index < -0.39 is 0 Å². The lowest BCUT2D eigenvalue weighted by Crippen LogP contribution is -2.36. The number of rotatable bonds is 5. The topological polar surface area (TPSA) is 67.3 Å². The van der Waals surface area contributed by atoms with Gasteiger partial charge in [0.1, 0.15) is 23.1 Å². The lowest BCUT2D eigenvalue weighted by molar-refractivity contribution is 0.0976. The first kappa shape index (κ1) is 18.9. The molecule has 29 heavy (non-hydrogen) atoms. The molecule has 0 saturated heterocycles. The van der Waals surface area contributed by atoms with Gasteiger partial charge in [0.15, 0.2) is 0 Å². The molecular weight excluding hydrogens is 364 g/mol. The zero-order chi connectivity index (χ0) is 20.4. The van der Waals surface area contributed by atoms with Gasteiger partial charge in [-0.1, -0.05) is 18.2 Å². The molecule has 0 bridgehead atoms. The van der Waals surface area contributed by atoms with Crippen LogP contribution in [0, 0.1) is 6.92 Å². The minimum atomic E-state index is -0.109. The number of fused-ring (bicyclic) bond motifs is 1. The van der Waals surface area contributed by atoms with Crippen molar-refractivity contribution in [1.29, 1.82) is 0 Å². The van der Waals surface area contributed by atoms with Crippen molar-refractivity contribution < 1.29 is 9.53 Å². The van der Waals surface area contributed by atoms with Gasteiger partial charge in [0.05, 0.1) is 6.61 Å². The monoisotopic (exact) mass is 388 g/mol. The van der Waals surface area contributed by atoms with Crippen LogP contribution in [0.4, 0.5) is 17.2 Å². The number of para-hydroxylation sites is 1. The Hall–Kier alpha value is -3.41. The molecule has 1 N–H and O–H groups in total. The minimum absolute atomic E-state index is 0.0951. The molecule has 1 aromatic heterocycles. The number of hydrogen-bond acceptors (Lipinski definition) is 5. The molecule has 0 aliphatic carbocycles. The smallest absolute Gasteiger partial charge is 0.277 e. The first-order valence-electron chi connectivity index (χ1n) is 9.82. The average Bonchev–Trinajstić information content (AvgIpc) is 3.04. The Kier molecular flexibility index (Phi) is 5.16. The van der Waals surface area contributed by atoms with Gasteiger partial charge in [-0.15, -0.1) is 0 Å². The fourth-order valence-corrected chi connectivity index (χ4v) is 3.69. The van der Waals surface area contributed by atoms with E-state index in [-0.39, 0.29) is 11.9 Å². The average molecular weight is 388 g/mol. The SMILES string of the molecule is CCOc1ccc(Nc2cc(C(=O)N3c4ccccc4CC3C)nc(C)n2)cc1. The highest BCUT2D eigenvalue weighted by atomic mass is 16.5. The van der Waals surface area contributed by atoms with Gasteiger partial charge >= 0.3 is 0 Å². The number of carbonyl (C=O) groups excluding carboxylic acids is 1. The minimum Gasteiger partial charge on any atom is -0.494 e. The molecule has 3 aromatic rings. The Morgan fingerprint density at radius 1 is 1.17 bits per heavy atom. The summed E-state index contributed by atoms with van der Waals surface area (Å²) < 4.78 is 5.47. The maximum absolute atomic E-state index is 13.3. The highest BCUT2D eigenvalue weighted by Gasteiger charge is 2.32. The molecule has 0 spiro atoms. The molecule has 0 radical (unpaired) electrons. The number of hydrogen-bond donors (Lipinski definition) is 1. The predicted octanol–water partition coefficient (Wildman–Crippen LogP) is 4.52. The zero-order valence-electron chi connectivity index (χ0n) is 16.8. The number of nitrogens with zero attached hydrogens (tertiary/aromatic N) is 3. The Morgan fingerprint density at radius 2 is 1.93 bits per heavy atom. The number of carbonyl (C=O) groups is 1. The van der Waals surface area contributed by atoms with Crippen LogP contribution < -0.4 is 15.0 Å². The fraction of sp³-hybridized carbons (Fsp3) is 0.261. The van der Waals surface area contributed by atoms with Crippen LogP contribution in [0.2, 0.25) is 0 Å². The van der Waals surface area contributed by atoms with Crippen molar-refractivity contribution in [1.82, 2.24) is 9.97 Å². The number of amides is 1. The number of anilines is 3. The zero-order valence-corrected chi connectivity index (χ0v) is 16.8. The van der Waals surface area contributed by atoms with Gasteiger partial charge < -0.3 is 15.0 Å². The molecule has 0 fully saturated rings. The second-order valence-electron chi connectivity index (χ2n) is 7.13. The largest absolute Gasteiger partial charge is 0.494 e. The van der Waals surface area contributed by atoms with Crippen molar-refractivity contribution in [3.8, 4) is 5.75 Å². The van der Waals surface area contributed by atoms with Crippen LogP contribution in [0.25, 0.3) is 0 Å². The second kappa shape index (κ2) is 7.91. The molecule has 1 aliphatic rings. The quantitative estimate of drug-likeness (QED) is 0.696. The summed E-state index contributed by atoms with van der Waals surface area (Å²) >= 11 is 0. The van der Waals surface area contributed by atoms with E-state index in [0.29, 0.717) is 23.9 Å². The molecule has 6 heteroatoms. The highest BCUT2D eigenvalue weighted by molar-refractivity contribution is 6.07. The lowest BCUT2D eigenvalue weighted by Gasteiger charge is -2.22. The summed E-state index contributed by atoms with van der Waals surface area (Å²) in [5.41, 5.74) is 3.40. The molecule has 1 atom stereocenters. The van der Waals surface area contributed by atoms with Gasteiger partial charge in [0, 0.05) is 23.5 Å². The van der Waals surface area contributed by atoms with Crippen LogP contribution in [0.15, 0.2) is 54.6 Å². The van der Waals surface area contributed by atoms with Crippen LogP contribution in [0.3, 0.4) is 0 Å². The van der Waals surface area contributed by atoms with E-state index in [4.69, 9.17) is 4.74 Å². The molecule has 1 amide bonds. The number of benzene rings is 2.